The maximum atomic E-state index is 13.7. The number of rotatable bonds is 6. The molecule has 0 aliphatic rings. The first kappa shape index (κ1) is 23.4. The van der Waals surface area contributed by atoms with Crippen LogP contribution in [-0.2, 0) is 12.6 Å². The van der Waals surface area contributed by atoms with Gasteiger partial charge >= 0.3 is 6.18 Å². The summed E-state index contributed by atoms with van der Waals surface area (Å²) in [5.74, 6) is -1.76. The topological polar surface area (TPSA) is 106 Å². The van der Waals surface area contributed by atoms with Crippen LogP contribution in [-0.4, -0.2) is 43.4 Å². The number of fused-ring (bicyclic) bond motifs is 1. The van der Waals surface area contributed by atoms with Gasteiger partial charge in [0, 0.05) is 38.0 Å². The Morgan fingerprint density at radius 2 is 1.94 bits per heavy atom. The Kier molecular flexibility index (Phi) is 5.86. The van der Waals surface area contributed by atoms with Crippen molar-refractivity contribution in [3.05, 3.63) is 65.6 Å². The third-order valence-electron chi connectivity index (χ3n) is 5.43. The third-order valence-corrected chi connectivity index (χ3v) is 5.43. The van der Waals surface area contributed by atoms with Crippen LogP contribution in [0.3, 0.4) is 0 Å². The fourth-order valence-corrected chi connectivity index (χ4v) is 3.64. The SMILES string of the molecule is Cc1noc2nc(-c3ccc(F)cc3)cc(C(=O)NCCC(O)(c3nccn3C)C(F)(F)F)c12. The van der Waals surface area contributed by atoms with Crippen molar-refractivity contribution in [3.8, 4) is 11.3 Å². The first-order valence-corrected chi connectivity index (χ1v) is 10.1. The zero-order valence-corrected chi connectivity index (χ0v) is 18.0. The molecule has 3 heterocycles. The number of nitrogens with zero attached hydrogens (tertiary/aromatic N) is 4. The van der Waals surface area contributed by atoms with Crippen LogP contribution in [0.15, 0.2) is 47.2 Å². The number of halogens is 4. The molecule has 0 spiro atoms. The molecule has 0 fully saturated rings. The minimum atomic E-state index is -5.03. The quantitative estimate of drug-likeness (QED) is 0.411. The van der Waals surface area contributed by atoms with E-state index in [0.29, 0.717) is 16.6 Å². The fourth-order valence-electron chi connectivity index (χ4n) is 3.64. The summed E-state index contributed by atoms with van der Waals surface area (Å²) in [6.45, 7) is 1.08. The number of hydrogen-bond donors (Lipinski definition) is 2. The molecule has 0 saturated carbocycles. The number of benzene rings is 1. The summed E-state index contributed by atoms with van der Waals surface area (Å²) in [6.07, 6.45) is -3.47. The highest BCUT2D eigenvalue weighted by atomic mass is 19.4. The fraction of sp³-hybridized carbons (Fsp3) is 0.273. The van der Waals surface area contributed by atoms with Gasteiger partial charge in [0.2, 0.25) is 5.60 Å². The Hall–Kier alpha value is -3.80. The highest BCUT2D eigenvalue weighted by molar-refractivity contribution is 6.07. The van der Waals surface area contributed by atoms with E-state index in [1.165, 1.54) is 43.6 Å². The number of nitrogens with one attached hydrogen (secondary N) is 1. The highest BCUT2D eigenvalue weighted by Crippen LogP contribution is 2.40. The normalized spacial score (nSPS) is 13.7. The number of hydrogen-bond acceptors (Lipinski definition) is 6. The van der Waals surface area contributed by atoms with Crippen LogP contribution in [0, 0.1) is 12.7 Å². The van der Waals surface area contributed by atoms with E-state index >= 15 is 0 Å². The lowest BCUT2D eigenvalue weighted by molar-refractivity contribution is -0.272. The van der Waals surface area contributed by atoms with E-state index in [1.54, 1.807) is 6.92 Å². The summed E-state index contributed by atoms with van der Waals surface area (Å²) in [4.78, 5) is 20.9. The number of aryl methyl sites for hydroxylation is 2. The smallest absolute Gasteiger partial charge is 0.374 e. The van der Waals surface area contributed by atoms with Gasteiger partial charge in [-0.25, -0.2) is 14.4 Å². The monoisotopic (exact) mass is 477 g/mol. The first-order valence-electron chi connectivity index (χ1n) is 10.1. The Bertz CT molecular complexity index is 1350. The van der Waals surface area contributed by atoms with Crippen LogP contribution < -0.4 is 5.32 Å². The van der Waals surface area contributed by atoms with E-state index in [0.717, 1.165) is 10.8 Å². The van der Waals surface area contributed by atoms with Gasteiger partial charge in [-0.15, -0.1) is 0 Å². The molecule has 1 atom stereocenters. The molecule has 4 aromatic rings. The molecule has 1 aromatic carbocycles. The van der Waals surface area contributed by atoms with E-state index in [1.807, 2.05) is 0 Å². The molecule has 1 unspecified atom stereocenters. The highest BCUT2D eigenvalue weighted by Gasteiger charge is 2.57. The number of pyridine rings is 1. The van der Waals surface area contributed by atoms with Crippen molar-refractivity contribution in [2.75, 3.05) is 6.54 Å². The Balaban J connectivity index is 1.62. The molecular formula is C22H19F4N5O3. The van der Waals surface area contributed by atoms with Crippen LogP contribution >= 0.6 is 0 Å². The van der Waals surface area contributed by atoms with E-state index in [-0.39, 0.29) is 17.0 Å². The number of aromatic nitrogens is 4. The van der Waals surface area contributed by atoms with Crippen molar-refractivity contribution < 1.29 is 32.0 Å². The number of amides is 1. The third kappa shape index (κ3) is 4.12. The van der Waals surface area contributed by atoms with Crippen LogP contribution in [0.5, 0.6) is 0 Å². The van der Waals surface area contributed by atoms with Crippen LogP contribution in [0.4, 0.5) is 17.6 Å². The first-order chi connectivity index (χ1) is 16.0. The zero-order chi connectivity index (χ0) is 24.7. The maximum absolute atomic E-state index is 13.7. The van der Waals surface area contributed by atoms with Gasteiger partial charge in [-0.1, -0.05) is 5.16 Å². The van der Waals surface area contributed by atoms with Crippen LogP contribution in [0.2, 0.25) is 0 Å². The number of alkyl halides is 3. The van der Waals surface area contributed by atoms with Crippen LogP contribution in [0.1, 0.15) is 28.3 Å². The van der Waals surface area contributed by atoms with Crippen molar-refractivity contribution >= 4 is 17.0 Å². The molecule has 2 N–H and O–H groups in total. The molecule has 178 valence electrons. The zero-order valence-electron chi connectivity index (χ0n) is 18.0. The average Bonchev–Trinajstić information content (AvgIpc) is 3.38. The lowest BCUT2D eigenvalue weighted by Crippen LogP contribution is -2.46. The molecule has 3 aromatic heterocycles. The number of aliphatic hydroxyl groups is 1. The molecule has 4 rings (SSSR count). The van der Waals surface area contributed by atoms with Gasteiger partial charge in [-0.3, -0.25) is 4.79 Å². The molecule has 0 bridgehead atoms. The van der Waals surface area contributed by atoms with Gasteiger partial charge in [0.25, 0.3) is 11.6 Å². The van der Waals surface area contributed by atoms with Gasteiger partial charge < -0.3 is 19.5 Å². The van der Waals surface area contributed by atoms with Gasteiger partial charge in [0.1, 0.15) is 11.6 Å². The van der Waals surface area contributed by atoms with Crippen LogP contribution in [0.25, 0.3) is 22.4 Å². The Labute approximate surface area is 190 Å². The second-order valence-electron chi connectivity index (χ2n) is 7.74. The number of imidazole rings is 1. The van der Waals surface area contributed by atoms with Crippen molar-refractivity contribution in [3.63, 3.8) is 0 Å². The van der Waals surface area contributed by atoms with Gasteiger partial charge in [-0.2, -0.15) is 13.2 Å². The molecule has 8 nitrogen and oxygen atoms in total. The molecule has 0 aliphatic carbocycles. The number of carbonyl (C=O) groups is 1. The van der Waals surface area contributed by atoms with Crippen molar-refractivity contribution in [2.24, 2.45) is 7.05 Å². The molecule has 1 amide bonds. The van der Waals surface area contributed by atoms with Gasteiger partial charge in [0.05, 0.1) is 22.3 Å². The van der Waals surface area contributed by atoms with Crippen molar-refractivity contribution in [1.82, 2.24) is 25.0 Å². The largest absolute Gasteiger partial charge is 0.424 e. The summed E-state index contributed by atoms with van der Waals surface area (Å²) >= 11 is 0. The number of carbonyl (C=O) groups excluding carboxylic acids is 1. The standard InChI is InChI=1S/C22H19F4N5O3/c1-12-17-15(11-16(29-19(17)34-30-12)13-3-5-14(23)6-4-13)18(32)27-8-7-21(33,22(24,25)26)20-28-9-10-31(20)2/h3-6,9-11,33H,7-8H2,1-2H3,(H,27,32). The van der Waals surface area contributed by atoms with E-state index in [4.69, 9.17) is 4.52 Å². The Morgan fingerprint density at radius 3 is 2.56 bits per heavy atom. The summed E-state index contributed by atoms with van der Waals surface area (Å²) in [5.41, 5.74) is -2.02. The van der Waals surface area contributed by atoms with E-state index < -0.39 is 42.3 Å². The van der Waals surface area contributed by atoms with Crippen molar-refractivity contribution in [1.29, 1.82) is 0 Å². The second-order valence-corrected chi connectivity index (χ2v) is 7.74. The summed E-state index contributed by atoms with van der Waals surface area (Å²) in [7, 11) is 1.33. The maximum Gasteiger partial charge on any atom is 0.424 e. The van der Waals surface area contributed by atoms with Crippen molar-refractivity contribution in [2.45, 2.75) is 25.1 Å². The Morgan fingerprint density at radius 1 is 1.24 bits per heavy atom. The lowest BCUT2D eigenvalue weighted by Gasteiger charge is -2.30. The molecule has 0 aliphatic heterocycles. The molecular weight excluding hydrogens is 458 g/mol. The molecule has 12 heteroatoms. The van der Waals surface area contributed by atoms with E-state index in [9.17, 15) is 27.5 Å². The predicted octanol–water partition coefficient (Wildman–Crippen LogP) is 3.64. The van der Waals surface area contributed by atoms with Gasteiger partial charge in [-0.05, 0) is 37.3 Å². The summed E-state index contributed by atoms with van der Waals surface area (Å²) in [5, 5.41) is 17.0. The summed E-state index contributed by atoms with van der Waals surface area (Å²) < 4.78 is 60.7. The molecule has 0 radical (unpaired) electrons. The average molecular weight is 477 g/mol. The van der Waals surface area contributed by atoms with Gasteiger partial charge in [0.15, 0.2) is 0 Å². The lowest BCUT2D eigenvalue weighted by atomic mass is 9.97. The predicted molar refractivity (Wildman–Crippen MR) is 112 cm³/mol. The minimum absolute atomic E-state index is 0.0456. The van der Waals surface area contributed by atoms with E-state index in [2.05, 4.69) is 20.4 Å². The minimum Gasteiger partial charge on any atom is -0.374 e. The molecule has 0 saturated heterocycles. The second kappa shape index (κ2) is 8.52. The molecule has 34 heavy (non-hydrogen) atoms. The summed E-state index contributed by atoms with van der Waals surface area (Å²) in [6, 6.07) is 6.80.